The smallest absolute Gasteiger partial charge is 0.329 e. The van der Waals surface area contributed by atoms with Gasteiger partial charge in [-0.15, -0.1) is 0 Å². The summed E-state index contributed by atoms with van der Waals surface area (Å²) in [6.07, 6.45) is 1.39. The van der Waals surface area contributed by atoms with Gasteiger partial charge in [-0.25, -0.2) is 5.43 Å². The average molecular weight is 507 g/mol. The molecule has 2 amide bonds. The summed E-state index contributed by atoms with van der Waals surface area (Å²) in [4.78, 5) is 23.9. The van der Waals surface area contributed by atoms with Crippen LogP contribution in [-0.4, -0.2) is 25.1 Å². The van der Waals surface area contributed by atoms with Gasteiger partial charge < -0.3 is 14.8 Å². The minimum absolute atomic E-state index is 0.169. The molecule has 0 aliphatic heterocycles. The number of halogens is 3. The highest BCUT2D eigenvalue weighted by molar-refractivity contribution is 6.39. The molecule has 3 rings (SSSR count). The number of amides is 2. The van der Waals surface area contributed by atoms with Crippen LogP contribution in [0.25, 0.3) is 0 Å². The number of carbonyl (C=O) groups excluding carboxylic acids is 2. The number of hydrogen-bond donors (Lipinski definition) is 2. The molecule has 10 heteroatoms. The quantitative estimate of drug-likeness (QED) is 0.258. The van der Waals surface area contributed by atoms with Crippen molar-refractivity contribution in [2.24, 2.45) is 5.10 Å². The maximum absolute atomic E-state index is 12.0. The van der Waals surface area contributed by atoms with Crippen molar-refractivity contribution in [3.63, 3.8) is 0 Å². The zero-order valence-electron chi connectivity index (χ0n) is 17.3. The number of nitrogens with one attached hydrogen (secondary N) is 2. The number of rotatable bonds is 7. The highest BCUT2D eigenvalue weighted by Crippen LogP contribution is 2.29. The first-order valence-corrected chi connectivity index (χ1v) is 10.6. The van der Waals surface area contributed by atoms with Crippen molar-refractivity contribution in [3.05, 3.63) is 86.9 Å². The molecule has 170 valence electrons. The van der Waals surface area contributed by atoms with Gasteiger partial charge in [-0.3, -0.25) is 9.59 Å². The van der Waals surface area contributed by atoms with Crippen LogP contribution in [0, 0.1) is 0 Å². The first-order chi connectivity index (χ1) is 15.9. The van der Waals surface area contributed by atoms with Gasteiger partial charge in [-0.1, -0.05) is 34.8 Å². The van der Waals surface area contributed by atoms with Crippen molar-refractivity contribution in [2.45, 2.75) is 6.61 Å². The van der Waals surface area contributed by atoms with E-state index in [0.717, 1.165) is 5.56 Å². The van der Waals surface area contributed by atoms with E-state index in [1.165, 1.54) is 6.21 Å². The number of anilines is 1. The molecule has 0 atom stereocenters. The zero-order chi connectivity index (χ0) is 23.8. The number of carbonyl (C=O) groups is 2. The second-order valence-electron chi connectivity index (χ2n) is 6.59. The molecule has 0 radical (unpaired) electrons. The van der Waals surface area contributed by atoms with E-state index in [0.29, 0.717) is 37.8 Å². The van der Waals surface area contributed by atoms with Crippen LogP contribution in [0.3, 0.4) is 0 Å². The molecule has 0 bridgehead atoms. The van der Waals surface area contributed by atoms with Crippen molar-refractivity contribution in [2.75, 3.05) is 12.4 Å². The van der Waals surface area contributed by atoms with Gasteiger partial charge in [-0.2, -0.15) is 5.10 Å². The predicted molar refractivity (Wildman–Crippen MR) is 130 cm³/mol. The third-order valence-electron chi connectivity index (χ3n) is 4.27. The van der Waals surface area contributed by atoms with Gasteiger partial charge in [-0.05, 0) is 66.2 Å². The molecule has 0 unspecified atom stereocenters. The fraction of sp³-hybridized carbons (Fsp3) is 0.0870. The standard InChI is InChI=1S/C23H18Cl3N3O4/c1-32-20-8-2-14(10-15(20)13-33-21-9-5-17(25)11-19(21)26)12-27-29-23(31)22(30)28-18-6-3-16(24)4-7-18/h2-12H,13H2,1H3,(H,28,30)(H,29,31)/b27-12+. The Morgan fingerprint density at radius 1 is 0.909 bits per heavy atom. The highest BCUT2D eigenvalue weighted by atomic mass is 35.5. The van der Waals surface area contributed by atoms with Gasteiger partial charge in [0.05, 0.1) is 18.3 Å². The van der Waals surface area contributed by atoms with Crippen LogP contribution in [0.4, 0.5) is 5.69 Å². The molecule has 33 heavy (non-hydrogen) atoms. The predicted octanol–water partition coefficient (Wildman–Crippen LogP) is 5.32. The molecule has 0 saturated heterocycles. The van der Waals surface area contributed by atoms with Gasteiger partial charge in [0.15, 0.2) is 0 Å². The summed E-state index contributed by atoms with van der Waals surface area (Å²) in [5, 5.41) is 7.69. The molecule has 2 N–H and O–H groups in total. The fourth-order valence-electron chi connectivity index (χ4n) is 2.68. The van der Waals surface area contributed by atoms with Gasteiger partial charge in [0.1, 0.15) is 18.1 Å². The topological polar surface area (TPSA) is 89.0 Å². The zero-order valence-corrected chi connectivity index (χ0v) is 19.5. The first-order valence-electron chi connectivity index (χ1n) is 9.50. The van der Waals surface area contributed by atoms with Crippen LogP contribution < -0.4 is 20.2 Å². The summed E-state index contributed by atoms with van der Waals surface area (Å²) in [6.45, 7) is 0.169. The van der Waals surface area contributed by atoms with E-state index in [1.54, 1.807) is 67.8 Å². The van der Waals surface area contributed by atoms with E-state index in [1.807, 2.05) is 0 Å². The molecule has 0 aliphatic rings. The second kappa shape index (κ2) is 11.6. The maximum Gasteiger partial charge on any atom is 0.329 e. The van der Waals surface area contributed by atoms with Crippen LogP contribution >= 0.6 is 34.8 Å². The molecule has 0 aromatic heterocycles. The Kier molecular flexibility index (Phi) is 8.54. The maximum atomic E-state index is 12.0. The van der Waals surface area contributed by atoms with Gasteiger partial charge in [0, 0.05) is 21.3 Å². The van der Waals surface area contributed by atoms with Crippen molar-refractivity contribution in [1.29, 1.82) is 0 Å². The summed E-state index contributed by atoms with van der Waals surface area (Å²) in [5.74, 6) is -0.710. The summed E-state index contributed by atoms with van der Waals surface area (Å²) >= 11 is 17.8. The van der Waals surface area contributed by atoms with Crippen LogP contribution in [0.1, 0.15) is 11.1 Å². The van der Waals surface area contributed by atoms with Crippen molar-refractivity contribution >= 4 is 58.5 Å². The molecular formula is C23H18Cl3N3O4. The second-order valence-corrected chi connectivity index (χ2v) is 7.87. The van der Waals surface area contributed by atoms with Crippen LogP contribution in [0.2, 0.25) is 15.1 Å². The third kappa shape index (κ3) is 7.12. The van der Waals surface area contributed by atoms with E-state index in [4.69, 9.17) is 44.3 Å². The number of nitrogens with zero attached hydrogens (tertiary/aromatic N) is 1. The molecule has 0 spiro atoms. The van der Waals surface area contributed by atoms with Crippen LogP contribution in [-0.2, 0) is 16.2 Å². The number of hydrogen-bond acceptors (Lipinski definition) is 5. The summed E-state index contributed by atoms with van der Waals surface area (Å²) in [5.41, 5.74) is 3.99. The summed E-state index contributed by atoms with van der Waals surface area (Å²) in [6, 6.07) is 16.5. The minimum Gasteiger partial charge on any atom is -0.496 e. The lowest BCUT2D eigenvalue weighted by atomic mass is 10.1. The average Bonchev–Trinajstić information content (AvgIpc) is 2.80. The molecular weight excluding hydrogens is 489 g/mol. The normalized spacial score (nSPS) is 10.7. The molecule has 0 fully saturated rings. The molecule has 3 aromatic carbocycles. The molecule has 7 nitrogen and oxygen atoms in total. The number of benzene rings is 3. The van der Waals surface area contributed by atoms with E-state index >= 15 is 0 Å². The van der Waals surface area contributed by atoms with E-state index in [2.05, 4.69) is 15.8 Å². The molecule has 3 aromatic rings. The number of methoxy groups -OCH3 is 1. The largest absolute Gasteiger partial charge is 0.496 e. The lowest BCUT2D eigenvalue weighted by Crippen LogP contribution is -2.32. The van der Waals surface area contributed by atoms with Crippen LogP contribution in [0.5, 0.6) is 11.5 Å². The fourth-order valence-corrected chi connectivity index (χ4v) is 3.27. The Morgan fingerprint density at radius 3 is 2.30 bits per heavy atom. The Morgan fingerprint density at radius 2 is 1.61 bits per heavy atom. The lowest BCUT2D eigenvalue weighted by molar-refractivity contribution is -0.136. The van der Waals surface area contributed by atoms with Gasteiger partial charge >= 0.3 is 11.8 Å². The molecule has 0 aliphatic carbocycles. The third-order valence-corrected chi connectivity index (χ3v) is 5.05. The first kappa shape index (κ1) is 24.4. The van der Waals surface area contributed by atoms with Crippen molar-refractivity contribution in [1.82, 2.24) is 5.43 Å². The number of hydrazone groups is 1. The lowest BCUT2D eigenvalue weighted by Gasteiger charge is -2.12. The van der Waals surface area contributed by atoms with Gasteiger partial charge in [0.25, 0.3) is 0 Å². The number of ether oxygens (including phenoxy) is 2. The summed E-state index contributed by atoms with van der Waals surface area (Å²) < 4.78 is 11.1. The molecule has 0 saturated carbocycles. The monoisotopic (exact) mass is 505 g/mol. The summed E-state index contributed by atoms with van der Waals surface area (Å²) in [7, 11) is 1.54. The Hall–Kier alpha value is -3.26. The minimum atomic E-state index is -0.921. The van der Waals surface area contributed by atoms with Crippen molar-refractivity contribution < 1.29 is 19.1 Å². The molecule has 0 heterocycles. The Labute approximate surface area is 205 Å². The SMILES string of the molecule is COc1ccc(/C=N/NC(=O)C(=O)Nc2ccc(Cl)cc2)cc1COc1ccc(Cl)cc1Cl. The van der Waals surface area contributed by atoms with Gasteiger partial charge in [0.2, 0.25) is 0 Å². The van der Waals surface area contributed by atoms with Crippen LogP contribution in [0.15, 0.2) is 65.8 Å². The van der Waals surface area contributed by atoms with E-state index < -0.39 is 11.8 Å². The Balaban J connectivity index is 1.61. The van der Waals surface area contributed by atoms with E-state index in [-0.39, 0.29) is 6.61 Å². The van der Waals surface area contributed by atoms with E-state index in [9.17, 15) is 9.59 Å². The van der Waals surface area contributed by atoms with Crippen molar-refractivity contribution in [3.8, 4) is 11.5 Å². The highest BCUT2D eigenvalue weighted by Gasteiger charge is 2.13. The Bertz CT molecular complexity index is 1180.